The zero-order valence-electron chi connectivity index (χ0n) is 20.4. The number of hydrogen-bond donors (Lipinski definition) is 0. The van der Waals surface area contributed by atoms with Crippen molar-refractivity contribution in [2.75, 3.05) is 49.8 Å². The summed E-state index contributed by atoms with van der Waals surface area (Å²) in [6.45, 7) is 2.65. The van der Waals surface area contributed by atoms with Crippen molar-refractivity contribution in [2.24, 2.45) is 0 Å². The minimum Gasteiger partial charge on any atom is -0.497 e. The standard InChI is InChI=1S/C28H31F2N3O3/c1-34-25-9-7-22(8-10-25)19-36-27-17-23(32-11-13-35-14-12-32)16-26(31-27)33-20-28(29,30)18-24(33)15-21-5-3-2-4-6-21/h2-10,16-17,24H,11-15,18-20H2,1H3. The molecule has 2 saturated heterocycles. The van der Waals surface area contributed by atoms with Gasteiger partial charge in [0.1, 0.15) is 18.2 Å². The van der Waals surface area contributed by atoms with Crippen molar-refractivity contribution in [3.8, 4) is 11.6 Å². The molecule has 36 heavy (non-hydrogen) atoms. The van der Waals surface area contributed by atoms with E-state index in [2.05, 4.69) is 4.90 Å². The quantitative estimate of drug-likeness (QED) is 0.440. The Morgan fingerprint density at radius 3 is 2.47 bits per heavy atom. The topological polar surface area (TPSA) is 47.1 Å². The van der Waals surface area contributed by atoms with Crippen molar-refractivity contribution < 1.29 is 23.0 Å². The fourth-order valence-corrected chi connectivity index (χ4v) is 4.82. The molecule has 0 bridgehead atoms. The highest BCUT2D eigenvalue weighted by atomic mass is 19.3. The van der Waals surface area contributed by atoms with Crippen LogP contribution in [0.25, 0.3) is 0 Å². The molecule has 3 aromatic rings. The molecule has 2 fully saturated rings. The molecular formula is C28H31F2N3O3. The van der Waals surface area contributed by atoms with Crippen LogP contribution in [-0.2, 0) is 17.8 Å². The van der Waals surface area contributed by atoms with E-state index in [4.69, 9.17) is 19.2 Å². The smallest absolute Gasteiger partial charge is 0.267 e. The van der Waals surface area contributed by atoms with Crippen LogP contribution < -0.4 is 19.3 Å². The van der Waals surface area contributed by atoms with Crippen LogP contribution in [0.15, 0.2) is 66.7 Å². The number of benzene rings is 2. The van der Waals surface area contributed by atoms with Gasteiger partial charge in [-0.25, -0.2) is 8.78 Å². The normalized spacial score (nSPS) is 19.4. The van der Waals surface area contributed by atoms with E-state index >= 15 is 0 Å². The van der Waals surface area contributed by atoms with Crippen molar-refractivity contribution >= 4 is 11.5 Å². The first-order valence-corrected chi connectivity index (χ1v) is 12.3. The Morgan fingerprint density at radius 1 is 1.00 bits per heavy atom. The van der Waals surface area contributed by atoms with E-state index in [9.17, 15) is 8.78 Å². The van der Waals surface area contributed by atoms with Crippen LogP contribution in [0.3, 0.4) is 0 Å². The van der Waals surface area contributed by atoms with Crippen LogP contribution in [0, 0.1) is 0 Å². The number of rotatable bonds is 8. The summed E-state index contributed by atoms with van der Waals surface area (Å²) >= 11 is 0. The molecule has 2 aromatic carbocycles. The SMILES string of the molecule is COc1ccc(COc2cc(N3CCOCC3)cc(N3CC(F)(F)CC3Cc3ccccc3)n2)cc1. The number of anilines is 2. The van der Waals surface area contributed by atoms with E-state index in [1.807, 2.05) is 66.7 Å². The van der Waals surface area contributed by atoms with Gasteiger partial charge in [-0.1, -0.05) is 42.5 Å². The van der Waals surface area contributed by atoms with E-state index < -0.39 is 5.92 Å². The number of alkyl halides is 2. The second-order valence-corrected chi connectivity index (χ2v) is 9.29. The molecule has 1 atom stereocenters. The lowest BCUT2D eigenvalue weighted by atomic mass is 10.0. The van der Waals surface area contributed by atoms with Gasteiger partial charge in [0.05, 0.1) is 26.9 Å². The van der Waals surface area contributed by atoms with Crippen molar-refractivity contribution in [3.05, 3.63) is 77.9 Å². The zero-order chi connectivity index (χ0) is 25.0. The summed E-state index contributed by atoms with van der Waals surface area (Å²) in [5.74, 6) is -1.08. The Morgan fingerprint density at radius 2 is 1.75 bits per heavy atom. The Hall–Kier alpha value is -3.39. The summed E-state index contributed by atoms with van der Waals surface area (Å²) in [6, 6.07) is 20.8. The van der Waals surface area contributed by atoms with Gasteiger partial charge in [0.2, 0.25) is 5.88 Å². The fourth-order valence-electron chi connectivity index (χ4n) is 4.82. The Bertz CT molecular complexity index is 1140. The third kappa shape index (κ3) is 5.87. The molecular weight excluding hydrogens is 464 g/mol. The van der Waals surface area contributed by atoms with Gasteiger partial charge in [0.25, 0.3) is 5.92 Å². The van der Waals surface area contributed by atoms with Gasteiger partial charge in [-0.2, -0.15) is 4.98 Å². The van der Waals surface area contributed by atoms with Gasteiger partial charge in [-0.15, -0.1) is 0 Å². The molecule has 2 aliphatic heterocycles. The molecule has 8 heteroatoms. The molecule has 2 aliphatic rings. The fraction of sp³-hybridized carbons (Fsp3) is 0.393. The molecule has 0 spiro atoms. The predicted molar refractivity (Wildman–Crippen MR) is 135 cm³/mol. The second kappa shape index (κ2) is 10.7. The maximum Gasteiger partial charge on any atom is 0.267 e. The number of nitrogens with zero attached hydrogens (tertiary/aromatic N) is 3. The third-order valence-corrected chi connectivity index (χ3v) is 6.68. The third-order valence-electron chi connectivity index (χ3n) is 6.68. The molecule has 0 saturated carbocycles. The van der Waals surface area contributed by atoms with Crippen LogP contribution in [-0.4, -0.2) is 56.9 Å². The highest BCUT2D eigenvalue weighted by molar-refractivity contribution is 5.59. The van der Waals surface area contributed by atoms with E-state index in [1.54, 1.807) is 12.0 Å². The number of aromatic nitrogens is 1. The molecule has 5 rings (SSSR count). The summed E-state index contributed by atoms with van der Waals surface area (Å²) in [5.41, 5.74) is 2.90. The minimum absolute atomic E-state index is 0.201. The maximum absolute atomic E-state index is 14.7. The molecule has 1 unspecified atom stereocenters. The average Bonchev–Trinajstić information content (AvgIpc) is 3.22. The highest BCUT2D eigenvalue weighted by Gasteiger charge is 2.45. The summed E-state index contributed by atoms with van der Waals surface area (Å²) in [5, 5.41) is 0. The zero-order valence-corrected chi connectivity index (χ0v) is 20.4. The molecule has 190 valence electrons. The maximum atomic E-state index is 14.7. The lowest BCUT2D eigenvalue weighted by molar-refractivity contribution is 0.0224. The lowest BCUT2D eigenvalue weighted by Crippen LogP contribution is -2.37. The first-order valence-electron chi connectivity index (χ1n) is 12.3. The minimum atomic E-state index is -2.78. The molecule has 0 aliphatic carbocycles. The van der Waals surface area contributed by atoms with E-state index in [0.717, 1.165) is 35.7 Å². The first-order chi connectivity index (χ1) is 17.5. The average molecular weight is 496 g/mol. The molecule has 6 nitrogen and oxygen atoms in total. The number of methoxy groups -OCH3 is 1. The van der Waals surface area contributed by atoms with E-state index in [1.165, 1.54) is 0 Å². The Labute approximate surface area is 210 Å². The van der Waals surface area contributed by atoms with Gasteiger partial charge in [-0.05, 0) is 29.7 Å². The van der Waals surface area contributed by atoms with Gasteiger partial charge in [0.15, 0.2) is 0 Å². The number of pyridine rings is 1. The second-order valence-electron chi connectivity index (χ2n) is 9.29. The van der Waals surface area contributed by atoms with Crippen LogP contribution >= 0.6 is 0 Å². The summed E-state index contributed by atoms with van der Waals surface area (Å²) in [6.07, 6.45) is 0.329. The van der Waals surface area contributed by atoms with Gasteiger partial charge in [0, 0.05) is 43.4 Å². The number of halogens is 2. The molecule has 1 aromatic heterocycles. The van der Waals surface area contributed by atoms with Crippen LogP contribution in [0.5, 0.6) is 11.6 Å². The summed E-state index contributed by atoms with van der Waals surface area (Å²) < 4.78 is 46.2. The van der Waals surface area contributed by atoms with Crippen LogP contribution in [0.1, 0.15) is 17.5 Å². The van der Waals surface area contributed by atoms with Crippen molar-refractivity contribution in [2.45, 2.75) is 31.4 Å². The van der Waals surface area contributed by atoms with Gasteiger partial charge in [-0.3, -0.25) is 0 Å². The largest absolute Gasteiger partial charge is 0.497 e. The molecule has 0 N–H and O–H groups in total. The molecule has 0 amide bonds. The number of hydrogen-bond acceptors (Lipinski definition) is 6. The first kappa shape index (κ1) is 24.3. The van der Waals surface area contributed by atoms with Crippen molar-refractivity contribution in [1.29, 1.82) is 0 Å². The summed E-state index contributed by atoms with van der Waals surface area (Å²) in [4.78, 5) is 8.64. The van der Waals surface area contributed by atoms with Gasteiger partial charge >= 0.3 is 0 Å². The lowest BCUT2D eigenvalue weighted by Gasteiger charge is -2.31. The monoisotopic (exact) mass is 495 g/mol. The van der Waals surface area contributed by atoms with E-state index in [-0.39, 0.29) is 19.0 Å². The predicted octanol–water partition coefficient (Wildman–Crippen LogP) is 4.96. The van der Waals surface area contributed by atoms with Gasteiger partial charge < -0.3 is 24.0 Å². The Kier molecular flexibility index (Phi) is 7.23. The highest BCUT2D eigenvalue weighted by Crippen LogP contribution is 2.38. The Balaban J connectivity index is 1.43. The van der Waals surface area contributed by atoms with Crippen molar-refractivity contribution in [1.82, 2.24) is 4.98 Å². The number of ether oxygens (including phenoxy) is 3. The summed E-state index contributed by atoms with van der Waals surface area (Å²) in [7, 11) is 1.63. The molecule has 3 heterocycles. The van der Waals surface area contributed by atoms with E-state index in [0.29, 0.717) is 37.9 Å². The van der Waals surface area contributed by atoms with Crippen molar-refractivity contribution in [3.63, 3.8) is 0 Å². The number of morpholine rings is 1. The van der Waals surface area contributed by atoms with Crippen LogP contribution in [0.2, 0.25) is 0 Å². The molecule has 0 radical (unpaired) electrons. The van der Waals surface area contributed by atoms with Crippen LogP contribution in [0.4, 0.5) is 20.3 Å².